The third-order valence-electron chi connectivity index (χ3n) is 1.19. The molecule has 0 aromatic carbocycles. The van der Waals surface area contributed by atoms with Gasteiger partial charge in [-0.25, -0.2) is 4.79 Å². The Labute approximate surface area is 66.2 Å². The number of hydrogen-bond donors (Lipinski definition) is 0. The molecule has 0 heterocycles. The number of nitrogens with zero attached hydrogens (tertiary/aromatic N) is 1. The molecule has 10 heavy (non-hydrogen) atoms. The van der Waals surface area contributed by atoms with E-state index in [1.165, 1.54) is 37.3 Å². The van der Waals surface area contributed by atoms with Crippen LogP contribution in [0.5, 0.6) is 0 Å². The number of unbranched alkanes of at least 4 members (excludes halogenated alkanes) is 3. The number of carbonyl (C=O) groups excluding carboxylic acids is 1. The first kappa shape index (κ1) is 9.73. The first-order valence-corrected chi connectivity index (χ1v) is 4.55. The Morgan fingerprint density at radius 3 is 2.80 bits per heavy atom. The highest BCUT2D eigenvalue weighted by Crippen LogP contribution is 2.06. The topological polar surface area (TPSA) is 29.4 Å². The lowest BCUT2D eigenvalue weighted by Gasteiger charge is -1.93. The monoisotopic (exact) mass is 159 g/mol. The predicted octanol–water partition coefficient (Wildman–Crippen LogP) is 2.55. The van der Waals surface area contributed by atoms with Crippen LogP contribution < -0.4 is 0 Å². The minimum Gasteiger partial charge on any atom is -0.210 e. The summed E-state index contributed by atoms with van der Waals surface area (Å²) in [6, 6.07) is 0. The second kappa shape index (κ2) is 8.73. The highest BCUT2D eigenvalue weighted by Gasteiger charge is 1.86. The standard InChI is InChI=1S/C7H13NOS/c1-2-3-4-5-6-10-8-7-9/h2-6H2,1H3. The fourth-order valence-corrected chi connectivity index (χ4v) is 1.14. The molecule has 0 aromatic rings. The van der Waals surface area contributed by atoms with Crippen molar-refractivity contribution in [3.8, 4) is 0 Å². The van der Waals surface area contributed by atoms with Crippen molar-refractivity contribution in [2.45, 2.75) is 32.6 Å². The van der Waals surface area contributed by atoms with Gasteiger partial charge < -0.3 is 0 Å². The van der Waals surface area contributed by atoms with Crippen LogP contribution in [-0.4, -0.2) is 11.8 Å². The Balaban J connectivity index is 2.83. The highest BCUT2D eigenvalue weighted by atomic mass is 32.2. The Hall–Kier alpha value is -0.270. The van der Waals surface area contributed by atoms with Crippen molar-refractivity contribution in [2.75, 3.05) is 5.75 Å². The molecule has 0 amide bonds. The quantitative estimate of drug-likeness (QED) is 0.258. The van der Waals surface area contributed by atoms with Gasteiger partial charge >= 0.3 is 0 Å². The van der Waals surface area contributed by atoms with E-state index in [1.54, 1.807) is 0 Å². The molecular formula is C7H13NOS. The summed E-state index contributed by atoms with van der Waals surface area (Å²) in [6.07, 6.45) is 6.44. The average molecular weight is 159 g/mol. The average Bonchev–Trinajstić information content (AvgIpc) is 1.97. The van der Waals surface area contributed by atoms with E-state index in [1.807, 2.05) is 0 Å². The van der Waals surface area contributed by atoms with Crippen LogP contribution in [0.3, 0.4) is 0 Å². The van der Waals surface area contributed by atoms with E-state index >= 15 is 0 Å². The van der Waals surface area contributed by atoms with E-state index in [0.717, 1.165) is 12.2 Å². The van der Waals surface area contributed by atoms with Crippen molar-refractivity contribution in [1.82, 2.24) is 0 Å². The lowest BCUT2D eigenvalue weighted by molar-refractivity contribution is 0.566. The Morgan fingerprint density at radius 2 is 2.20 bits per heavy atom. The van der Waals surface area contributed by atoms with Crippen LogP contribution in [0.4, 0.5) is 0 Å². The maximum Gasteiger partial charge on any atom is 0.247 e. The summed E-state index contributed by atoms with van der Waals surface area (Å²) >= 11 is 1.31. The molecular weight excluding hydrogens is 146 g/mol. The van der Waals surface area contributed by atoms with Crippen molar-refractivity contribution in [2.24, 2.45) is 4.40 Å². The zero-order chi connectivity index (χ0) is 7.66. The van der Waals surface area contributed by atoms with Crippen LogP contribution in [0.2, 0.25) is 0 Å². The third kappa shape index (κ3) is 7.73. The van der Waals surface area contributed by atoms with E-state index in [0.29, 0.717) is 0 Å². The van der Waals surface area contributed by atoms with Crippen LogP contribution in [0.1, 0.15) is 32.6 Å². The lowest BCUT2D eigenvalue weighted by atomic mass is 10.2. The maximum atomic E-state index is 9.58. The molecule has 3 heteroatoms. The number of rotatable bonds is 6. The summed E-state index contributed by atoms with van der Waals surface area (Å²) in [5.74, 6) is 0.954. The fraction of sp³-hybridized carbons (Fsp3) is 0.857. The minimum absolute atomic E-state index is 0.954. The molecule has 0 saturated heterocycles. The summed E-state index contributed by atoms with van der Waals surface area (Å²) < 4.78 is 3.38. The number of hydrogen-bond acceptors (Lipinski definition) is 3. The van der Waals surface area contributed by atoms with Gasteiger partial charge in [0.2, 0.25) is 6.08 Å². The van der Waals surface area contributed by atoms with Crippen molar-refractivity contribution < 1.29 is 4.79 Å². The second-order valence-electron chi connectivity index (χ2n) is 2.08. The van der Waals surface area contributed by atoms with Gasteiger partial charge in [-0.15, -0.1) is 4.40 Å². The number of isocyanates is 1. The van der Waals surface area contributed by atoms with Crippen LogP contribution in [-0.2, 0) is 4.79 Å². The third-order valence-corrected chi connectivity index (χ3v) is 1.87. The van der Waals surface area contributed by atoms with Gasteiger partial charge in [-0.3, -0.25) is 0 Å². The summed E-state index contributed by atoms with van der Waals surface area (Å²) in [7, 11) is 0. The molecule has 0 bridgehead atoms. The molecule has 0 aliphatic carbocycles. The Morgan fingerprint density at radius 1 is 1.40 bits per heavy atom. The lowest BCUT2D eigenvalue weighted by Crippen LogP contribution is -1.77. The largest absolute Gasteiger partial charge is 0.247 e. The van der Waals surface area contributed by atoms with Gasteiger partial charge in [-0.05, 0) is 18.4 Å². The van der Waals surface area contributed by atoms with Gasteiger partial charge in [0.05, 0.1) is 0 Å². The molecule has 0 saturated carbocycles. The van der Waals surface area contributed by atoms with Crippen molar-refractivity contribution in [1.29, 1.82) is 0 Å². The van der Waals surface area contributed by atoms with Crippen LogP contribution in [0.15, 0.2) is 4.40 Å². The van der Waals surface area contributed by atoms with Gasteiger partial charge in [0.25, 0.3) is 0 Å². The van der Waals surface area contributed by atoms with E-state index in [-0.39, 0.29) is 0 Å². The van der Waals surface area contributed by atoms with Crippen LogP contribution in [0.25, 0.3) is 0 Å². The van der Waals surface area contributed by atoms with Gasteiger partial charge in [0, 0.05) is 5.75 Å². The van der Waals surface area contributed by atoms with Crippen LogP contribution in [0, 0.1) is 0 Å². The molecule has 0 aromatic heterocycles. The van der Waals surface area contributed by atoms with Crippen molar-refractivity contribution in [3.63, 3.8) is 0 Å². The van der Waals surface area contributed by atoms with Gasteiger partial charge in [-0.2, -0.15) is 0 Å². The van der Waals surface area contributed by atoms with E-state index < -0.39 is 0 Å². The highest BCUT2D eigenvalue weighted by molar-refractivity contribution is 7.98. The zero-order valence-corrected chi connectivity index (χ0v) is 7.12. The molecule has 2 nitrogen and oxygen atoms in total. The normalized spacial score (nSPS) is 8.90. The first-order valence-electron chi connectivity index (χ1n) is 3.61. The van der Waals surface area contributed by atoms with E-state index in [2.05, 4.69) is 11.3 Å². The van der Waals surface area contributed by atoms with Gasteiger partial charge in [-0.1, -0.05) is 26.2 Å². The Kier molecular flexibility index (Phi) is 8.49. The minimum atomic E-state index is 0.954. The molecule has 0 rings (SSSR count). The summed E-state index contributed by atoms with van der Waals surface area (Å²) in [5, 5.41) is 0. The van der Waals surface area contributed by atoms with E-state index in [9.17, 15) is 4.79 Å². The predicted molar refractivity (Wildman–Crippen MR) is 44.7 cm³/mol. The van der Waals surface area contributed by atoms with Crippen LogP contribution >= 0.6 is 11.9 Å². The molecule has 0 fully saturated rings. The SMILES string of the molecule is CCCCCCSN=C=O. The molecule has 0 N–H and O–H groups in total. The molecule has 0 unspecified atom stereocenters. The van der Waals surface area contributed by atoms with E-state index in [4.69, 9.17) is 0 Å². The summed E-state index contributed by atoms with van der Waals surface area (Å²) in [4.78, 5) is 9.58. The molecule has 0 aliphatic heterocycles. The van der Waals surface area contributed by atoms with Crippen molar-refractivity contribution >= 4 is 18.0 Å². The second-order valence-corrected chi connectivity index (χ2v) is 2.93. The smallest absolute Gasteiger partial charge is 0.210 e. The van der Waals surface area contributed by atoms with Crippen molar-refractivity contribution in [3.05, 3.63) is 0 Å². The molecule has 0 spiro atoms. The molecule has 0 atom stereocenters. The molecule has 0 radical (unpaired) electrons. The zero-order valence-electron chi connectivity index (χ0n) is 6.30. The Bertz CT molecular complexity index is 110. The van der Waals surface area contributed by atoms with Gasteiger partial charge in [0.1, 0.15) is 0 Å². The molecule has 0 aliphatic rings. The fourth-order valence-electron chi connectivity index (χ4n) is 0.665. The molecule has 58 valence electrons. The first-order chi connectivity index (χ1) is 4.91. The summed E-state index contributed by atoms with van der Waals surface area (Å²) in [5.41, 5.74) is 0. The summed E-state index contributed by atoms with van der Waals surface area (Å²) in [6.45, 7) is 2.18. The maximum absolute atomic E-state index is 9.58. The van der Waals surface area contributed by atoms with Gasteiger partial charge in [0.15, 0.2) is 0 Å².